The minimum absolute atomic E-state index is 0.439. The summed E-state index contributed by atoms with van der Waals surface area (Å²) in [6.45, 7) is 6.11. The van der Waals surface area contributed by atoms with Crippen molar-refractivity contribution in [3.8, 4) is 0 Å². The van der Waals surface area contributed by atoms with Crippen LogP contribution in [0.2, 0.25) is 0 Å². The lowest BCUT2D eigenvalue weighted by atomic mass is 10.2. The number of ether oxygens (including phenoxy) is 1. The van der Waals surface area contributed by atoms with Crippen molar-refractivity contribution in [1.29, 1.82) is 0 Å². The Morgan fingerprint density at radius 3 is 2.67 bits per heavy atom. The highest BCUT2D eigenvalue weighted by atomic mass is 16.5. The summed E-state index contributed by atoms with van der Waals surface area (Å²) in [5, 5.41) is 3.45. The number of hydrogen-bond acceptors (Lipinski definition) is 3. The first-order chi connectivity index (χ1) is 8.72. The van der Waals surface area contributed by atoms with Crippen LogP contribution in [0.5, 0.6) is 0 Å². The van der Waals surface area contributed by atoms with Gasteiger partial charge in [-0.1, -0.05) is 30.3 Å². The zero-order chi connectivity index (χ0) is 13.2. The number of nitrogens with one attached hydrogen (secondary N) is 1. The summed E-state index contributed by atoms with van der Waals surface area (Å²) in [7, 11) is 3.91. The van der Waals surface area contributed by atoms with Crippen molar-refractivity contribution in [3.05, 3.63) is 35.9 Å². The molecule has 1 atom stereocenters. The number of benzene rings is 1. The summed E-state index contributed by atoms with van der Waals surface area (Å²) in [6.07, 6.45) is 1.16. The van der Waals surface area contributed by atoms with E-state index in [2.05, 4.69) is 54.5 Å². The first kappa shape index (κ1) is 15.2. The van der Waals surface area contributed by atoms with Gasteiger partial charge in [0.15, 0.2) is 0 Å². The lowest BCUT2D eigenvalue weighted by Crippen LogP contribution is -2.32. The summed E-state index contributed by atoms with van der Waals surface area (Å²) in [5.74, 6) is 0. The molecular weight excluding hydrogens is 224 g/mol. The maximum absolute atomic E-state index is 5.09. The zero-order valence-corrected chi connectivity index (χ0v) is 11.9. The van der Waals surface area contributed by atoms with Crippen molar-refractivity contribution < 1.29 is 4.74 Å². The van der Waals surface area contributed by atoms with Gasteiger partial charge in [-0.25, -0.2) is 0 Å². The Bertz CT molecular complexity index is 303. The van der Waals surface area contributed by atoms with Crippen LogP contribution in [0.15, 0.2) is 30.3 Å². The fraction of sp³-hybridized carbons (Fsp3) is 0.600. The first-order valence-electron chi connectivity index (χ1n) is 6.67. The number of rotatable bonds is 9. The summed E-state index contributed by atoms with van der Waals surface area (Å²) in [4.78, 5) is 2.36. The number of methoxy groups -OCH3 is 1. The maximum Gasteiger partial charge on any atom is 0.0613 e. The van der Waals surface area contributed by atoms with Crippen LogP contribution in [0.4, 0.5) is 0 Å². The third-order valence-electron chi connectivity index (χ3n) is 2.92. The molecule has 18 heavy (non-hydrogen) atoms. The molecule has 0 bridgehead atoms. The highest BCUT2D eigenvalue weighted by molar-refractivity contribution is 5.14. The molecule has 0 radical (unpaired) electrons. The van der Waals surface area contributed by atoms with Gasteiger partial charge in [-0.2, -0.15) is 0 Å². The van der Waals surface area contributed by atoms with Gasteiger partial charge in [0.1, 0.15) is 0 Å². The Morgan fingerprint density at radius 1 is 1.28 bits per heavy atom. The first-order valence-corrected chi connectivity index (χ1v) is 6.67. The highest BCUT2D eigenvalue weighted by Gasteiger charge is 2.01. The summed E-state index contributed by atoms with van der Waals surface area (Å²) in [5.41, 5.74) is 1.38. The molecule has 1 aromatic carbocycles. The quantitative estimate of drug-likeness (QED) is 0.680. The highest BCUT2D eigenvalue weighted by Crippen LogP contribution is 2.02. The van der Waals surface area contributed by atoms with E-state index in [0.717, 1.165) is 32.7 Å². The summed E-state index contributed by atoms with van der Waals surface area (Å²) < 4.78 is 5.09. The van der Waals surface area contributed by atoms with Crippen LogP contribution in [0.1, 0.15) is 18.9 Å². The average molecular weight is 250 g/mol. The molecule has 3 nitrogen and oxygen atoms in total. The second-order valence-electron chi connectivity index (χ2n) is 4.89. The largest absolute Gasteiger partial charge is 0.383 e. The van der Waals surface area contributed by atoms with E-state index >= 15 is 0 Å². The third-order valence-corrected chi connectivity index (χ3v) is 2.92. The van der Waals surface area contributed by atoms with Crippen molar-refractivity contribution in [3.63, 3.8) is 0 Å². The van der Waals surface area contributed by atoms with Gasteiger partial charge >= 0.3 is 0 Å². The molecule has 0 saturated carbocycles. The fourth-order valence-corrected chi connectivity index (χ4v) is 1.98. The molecule has 0 saturated heterocycles. The standard InChI is InChI=1S/C15H26N2O/c1-14(13-18-3)16-10-7-11-17(2)12-15-8-5-4-6-9-15/h4-6,8-9,14,16H,7,10-13H2,1-3H3. The van der Waals surface area contributed by atoms with E-state index in [9.17, 15) is 0 Å². The Morgan fingerprint density at radius 2 is 2.00 bits per heavy atom. The Hall–Kier alpha value is -0.900. The average Bonchev–Trinajstić information content (AvgIpc) is 2.36. The lowest BCUT2D eigenvalue weighted by Gasteiger charge is -2.18. The monoisotopic (exact) mass is 250 g/mol. The van der Waals surface area contributed by atoms with E-state index in [-0.39, 0.29) is 0 Å². The van der Waals surface area contributed by atoms with Crippen LogP contribution in [-0.2, 0) is 11.3 Å². The predicted octanol–water partition coefficient (Wildman–Crippen LogP) is 2.13. The lowest BCUT2D eigenvalue weighted by molar-refractivity contribution is 0.171. The predicted molar refractivity (Wildman–Crippen MR) is 76.7 cm³/mol. The SMILES string of the molecule is COCC(C)NCCCN(C)Cc1ccccc1. The molecule has 0 aliphatic heterocycles. The van der Waals surface area contributed by atoms with E-state index in [0.29, 0.717) is 6.04 Å². The molecule has 0 aliphatic rings. The fourth-order valence-electron chi connectivity index (χ4n) is 1.98. The Labute approximate surface area is 111 Å². The van der Waals surface area contributed by atoms with Gasteiger partial charge in [0, 0.05) is 19.7 Å². The van der Waals surface area contributed by atoms with Crippen molar-refractivity contribution in [2.75, 3.05) is 33.9 Å². The molecule has 0 spiro atoms. The van der Waals surface area contributed by atoms with Crippen molar-refractivity contribution in [2.45, 2.75) is 25.9 Å². The van der Waals surface area contributed by atoms with Crippen molar-refractivity contribution in [2.24, 2.45) is 0 Å². The van der Waals surface area contributed by atoms with Gasteiger partial charge in [0.2, 0.25) is 0 Å². The van der Waals surface area contributed by atoms with Crippen LogP contribution in [0, 0.1) is 0 Å². The summed E-state index contributed by atoms with van der Waals surface area (Å²) >= 11 is 0. The molecule has 0 fully saturated rings. The molecule has 102 valence electrons. The van der Waals surface area contributed by atoms with Crippen LogP contribution in [0.25, 0.3) is 0 Å². The van der Waals surface area contributed by atoms with Gasteiger partial charge in [-0.05, 0) is 39.0 Å². The molecule has 1 unspecified atom stereocenters. The number of hydrogen-bond donors (Lipinski definition) is 1. The molecule has 0 aromatic heterocycles. The van der Waals surface area contributed by atoms with Crippen LogP contribution in [-0.4, -0.2) is 44.8 Å². The van der Waals surface area contributed by atoms with Crippen molar-refractivity contribution in [1.82, 2.24) is 10.2 Å². The Balaban J connectivity index is 2.09. The summed E-state index contributed by atoms with van der Waals surface area (Å²) in [6, 6.07) is 11.0. The van der Waals surface area contributed by atoms with Gasteiger partial charge in [-0.15, -0.1) is 0 Å². The normalized spacial score (nSPS) is 12.9. The minimum Gasteiger partial charge on any atom is -0.383 e. The second-order valence-corrected chi connectivity index (χ2v) is 4.89. The van der Waals surface area contributed by atoms with Gasteiger partial charge in [0.05, 0.1) is 6.61 Å². The van der Waals surface area contributed by atoms with E-state index in [1.807, 2.05) is 0 Å². The molecule has 0 amide bonds. The number of nitrogens with zero attached hydrogens (tertiary/aromatic N) is 1. The van der Waals surface area contributed by atoms with Gasteiger partial charge in [-0.3, -0.25) is 0 Å². The van der Waals surface area contributed by atoms with Gasteiger partial charge < -0.3 is 15.0 Å². The molecule has 1 N–H and O–H groups in total. The van der Waals surface area contributed by atoms with Crippen LogP contribution in [0.3, 0.4) is 0 Å². The Kier molecular flexibility index (Phi) is 7.65. The third kappa shape index (κ3) is 6.74. The van der Waals surface area contributed by atoms with Crippen LogP contribution >= 0.6 is 0 Å². The van der Waals surface area contributed by atoms with Crippen molar-refractivity contribution >= 4 is 0 Å². The second kappa shape index (κ2) is 9.09. The molecular formula is C15H26N2O. The smallest absolute Gasteiger partial charge is 0.0613 e. The molecule has 1 rings (SSSR count). The van der Waals surface area contributed by atoms with E-state index in [4.69, 9.17) is 4.74 Å². The van der Waals surface area contributed by atoms with E-state index in [1.165, 1.54) is 5.56 Å². The van der Waals surface area contributed by atoms with E-state index < -0.39 is 0 Å². The molecule has 1 aromatic rings. The minimum atomic E-state index is 0.439. The maximum atomic E-state index is 5.09. The molecule has 0 heterocycles. The molecule has 0 aliphatic carbocycles. The van der Waals surface area contributed by atoms with E-state index in [1.54, 1.807) is 7.11 Å². The molecule has 3 heteroatoms. The zero-order valence-electron chi connectivity index (χ0n) is 11.9. The topological polar surface area (TPSA) is 24.5 Å². The van der Waals surface area contributed by atoms with Gasteiger partial charge in [0.25, 0.3) is 0 Å². The van der Waals surface area contributed by atoms with Crippen LogP contribution < -0.4 is 5.32 Å².